The van der Waals surface area contributed by atoms with Gasteiger partial charge in [0.1, 0.15) is 5.82 Å². The Labute approximate surface area is 155 Å². The third-order valence-corrected chi connectivity index (χ3v) is 7.67. The van der Waals surface area contributed by atoms with Crippen molar-refractivity contribution in [2.75, 3.05) is 7.11 Å². The highest BCUT2D eigenvalue weighted by molar-refractivity contribution is 9.10. The lowest BCUT2D eigenvalue weighted by Gasteiger charge is -2.26. The van der Waals surface area contributed by atoms with Gasteiger partial charge in [-0.3, -0.25) is 4.79 Å². The van der Waals surface area contributed by atoms with Crippen LogP contribution in [0.3, 0.4) is 0 Å². The highest BCUT2D eigenvalue weighted by atomic mass is 79.9. The molecule has 1 aromatic rings. The lowest BCUT2D eigenvalue weighted by atomic mass is 9.80. The quantitative estimate of drug-likeness (QED) is 0.699. The Morgan fingerprint density at radius 1 is 1.40 bits per heavy atom. The maximum atomic E-state index is 13.4. The van der Waals surface area contributed by atoms with Crippen LogP contribution in [0.5, 0.6) is 0 Å². The van der Waals surface area contributed by atoms with E-state index in [4.69, 9.17) is 4.74 Å². The molecule has 2 aliphatic carbocycles. The molecule has 0 amide bonds. The van der Waals surface area contributed by atoms with Crippen LogP contribution < -0.4 is 4.72 Å². The van der Waals surface area contributed by atoms with E-state index in [0.29, 0.717) is 43.0 Å². The van der Waals surface area contributed by atoms with E-state index in [1.807, 2.05) is 0 Å². The Balaban J connectivity index is 1.78. The summed E-state index contributed by atoms with van der Waals surface area (Å²) in [6.45, 7) is 0. The van der Waals surface area contributed by atoms with Gasteiger partial charge in [-0.1, -0.05) is 6.07 Å². The monoisotopic (exact) mass is 433 g/mol. The van der Waals surface area contributed by atoms with Crippen LogP contribution >= 0.6 is 15.9 Å². The van der Waals surface area contributed by atoms with Crippen LogP contribution in [0.4, 0.5) is 4.39 Å². The molecule has 0 saturated heterocycles. The predicted octanol–water partition coefficient (Wildman–Crippen LogP) is 2.92. The standard InChI is InChI=1S/C17H21BrFNO4S/c1-24-16(21)17(9-11-2-5-15(19)14(18)8-11)7-6-12(10-17)20-25(22,23)13-3-4-13/h2,5,8,12-13,20H,3-4,6-7,9-10H2,1H3/t12-,17+/m0/s1. The molecule has 0 unspecified atom stereocenters. The van der Waals surface area contributed by atoms with Gasteiger partial charge in [-0.05, 0) is 72.2 Å². The van der Waals surface area contributed by atoms with Crippen molar-refractivity contribution in [3.05, 3.63) is 34.1 Å². The van der Waals surface area contributed by atoms with Crippen LogP contribution in [0, 0.1) is 11.2 Å². The SMILES string of the molecule is COC(=O)[C@@]1(Cc2ccc(F)c(Br)c2)CC[C@H](NS(=O)(=O)C2CC2)C1. The summed E-state index contributed by atoms with van der Waals surface area (Å²) in [5.41, 5.74) is 0.0207. The Morgan fingerprint density at radius 2 is 2.12 bits per heavy atom. The average molecular weight is 434 g/mol. The Hall–Kier alpha value is -0.990. The number of methoxy groups -OCH3 is 1. The number of hydrogen-bond acceptors (Lipinski definition) is 4. The first-order valence-corrected chi connectivity index (χ1v) is 10.6. The Kier molecular flexibility index (Phi) is 5.23. The molecule has 25 heavy (non-hydrogen) atoms. The van der Waals surface area contributed by atoms with E-state index in [9.17, 15) is 17.6 Å². The molecule has 138 valence electrons. The van der Waals surface area contributed by atoms with Gasteiger partial charge in [-0.25, -0.2) is 17.5 Å². The van der Waals surface area contributed by atoms with Crippen LogP contribution in [0.1, 0.15) is 37.7 Å². The fourth-order valence-electron chi connectivity index (χ4n) is 3.61. The maximum absolute atomic E-state index is 13.4. The molecule has 2 aliphatic rings. The van der Waals surface area contributed by atoms with Gasteiger partial charge < -0.3 is 4.74 Å². The lowest BCUT2D eigenvalue weighted by molar-refractivity contribution is -0.152. The summed E-state index contributed by atoms with van der Waals surface area (Å²) < 4.78 is 45.9. The summed E-state index contributed by atoms with van der Waals surface area (Å²) >= 11 is 3.16. The summed E-state index contributed by atoms with van der Waals surface area (Å²) in [5.74, 6) is -0.710. The second kappa shape index (κ2) is 6.96. The summed E-state index contributed by atoms with van der Waals surface area (Å²) in [4.78, 5) is 12.5. The second-order valence-corrected chi connectivity index (χ2v) is 9.85. The van der Waals surface area contributed by atoms with Crippen molar-refractivity contribution in [3.63, 3.8) is 0 Å². The molecule has 0 aliphatic heterocycles. The molecule has 2 saturated carbocycles. The number of sulfonamides is 1. The summed E-state index contributed by atoms with van der Waals surface area (Å²) in [6.07, 6.45) is 3.30. The fourth-order valence-corrected chi connectivity index (χ4v) is 5.65. The van der Waals surface area contributed by atoms with Gasteiger partial charge in [-0.2, -0.15) is 0 Å². The van der Waals surface area contributed by atoms with Crippen LogP contribution in [-0.2, 0) is 26.0 Å². The van der Waals surface area contributed by atoms with Crippen LogP contribution in [0.15, 0.2) is 22.7 Å². The first-order valence-electron chi connectivity index (χ1n) is 8.29. The van der Waals surface area contributed by atoms with Crippen molar-refractivity contribution < 1.29 is 22.3 Å². The zero-order chi connectivity index (χ0) is 18.2. The molecule has 0 spiro atoms. The van der Waals surface area contributed by atoms with Gasteiger partial charge >= 0.3 is 5.97 Å². The summed E-state index contributed by atoms with van der Waals surface area (Å²) in [7, 11) is -1.96. The number of nitrogens with one attached hydrogen (secondary N) is 1. The zero-order valence-electron chi connectivity index (χ0n) is 13.9. The molecule has 1 N–H and O–H groups in total. The van der Waals surface area contributed by atoms with Gasteiger partial charge in [0.2, 0.25) is 10.0 Å². The summed E-state index contributed by atoms with van der Waals surface area (Å²) in [5, 5.41) is -0.284. The zero-order valence-corrected chi connectivity index (χ0v) is 16.3. The minimum Gasteiger partial charge on any atom is -0.469 e. The highest BCUT2D eigenvalue weighted by Gasteiger charge is 2.48. The molecule has 0 aromatic heterocycles. The molecule has 2 atom stereocenters. The first kappa shape index (κ1) is 18.8. The van der Waals surface area contributed by atoms with E-state index in [1.54, 1.807) is 12.1 Å². The molecule has 0 radical (unpaired) electrons. The molecule has 5 nitrogen and oxygen atoms in total. The number of rotatable bonds is 6. The number of benzene rings is 1. The molecule has 0 heterocycles. The number of carbonyl (C=O) groups excluding carboxylic acids is 1. The Bertz CT molecular complexity index is 781. The number of ether oxygens (including phenoxy) is 1. The van der Waals surface area contributed by atoms with Crippen LogP contribution in [-0.4, -0.2) is 32.8 Å². The van der Waals surface area contributed by atoms with Gasteiger partial charge in [0.25, 0.3) is 0 Å². The molecule has 1 aromatic carbocycles. The molecule has 8 heteroatoms. The van der Waals surface area contributed by atoms with Crippen molar-refractivity contribution in [1.29, 1.82) is 0 Å². The topological polar surface area (TPSA) is 72.5 Å². The largest absolute Gasteiger partial charge is 0.469 e. The van der Waals surface area contributed by atoms with Gasteiger partial charge in [0, 0.05) is 6.04 Å². The van der Waals surface area contributed by atoms with E-state index < -0.39 is 15.4 Å². The average Bonchev–Trinajstić information content (AvgIpc) is 3.35. The van der Waals surface area contributed by atoms with Gasteiger partial charge in [0.15, 0.2) is 0 Å². The van der Waals surface area contributed by atoms with Gasteiger partial charge in [-0.15, -0.1) is 0 Å². The third kappa shape index (κ3) is 4.06. The van der Waals surface area contributed by atoms with E-state index in [-0.39, 0.29) is 23.1 Å². The lowest BCUT2D eigenvalue weighted by Crippen LogP contribution is -2.38. The van der Waals surface area contributed by atoms with E-state index in [1.165, 1.54) is 13.2 Å². The predicted molar refractivity (Wildman–Crippen MR) is 95.0 cm³/mol. The van der Waals surface area contributed by atoms with Crippen molar-refractivity contribution in [3.8, 4) is 0 Å². The van der Waals surface area contributed by atoms with Crippen LogP contribution in [0.2, 0.25) is 0 Å². The smallest absolute Gasteiger partial charge is 0.312 e. The number of esters is 1. The summed E-state index contributed by atoms with van der Waals surface area (Å²) in [6, 6.07) is 4.38. The fraction of sp³-hybridized carbons (Fsp3) is 0.588. The minimum atomic E-state index is -3.30. The minimum absolute atomic E-state index is 0.270. The van der Waals surface area contributed by atoms with E-state index in [2.05, 4.69) is 20.7 Å². The van der Waals surface area contributed by atoms with Crippen molar-refractivity contribution >= 4 is 31.9 Å². The molecule has 0 bridgehead atoms. The van der Waals surface area contributed by atoms with E-state index >= 15 is 0 Å². The van der Waals surface area contributed by atoms with E-state index in [0.717, 1.165) is 5.56 Å². The molecular weight excluding hydrogens is 413 g/mol. The van der Waals surface area contributed by atoms with Crippen molar-refractivity contribution in [2.24, 2.45) is 5.41 Å². The van der Waals surface area contributed by atoms with Crippen molar-refractivity contribution in [1.82, 2.24) is 4.72 Å². The second-order valence-electron chi connectivity index (χ2n) is 7.00. The highest BCUT2D eigenvalue weighted by Crippen LogP contribution is 2.43. The number of halogens is 2. The maximum Gasteiger partial charge on any atom is 0.312 e. The molecular formula is C17H21BrFNO4S. The van der Waals surface area contributed by atoms with Gasteiger partial charge in [0.05, 0.1) is 22.2 Å². The number of hydrogen-bond donors (Lipinski definition) is 1. The third-order valence-electron chi connectivity index (χ3n) is 5.05. The first-order chi connectivity index (χ1) is 11.8. The molecule has 3 rings (SSSR count). The Morgan fingerprint density at radius 3 is 2.72 bits per heavy atom. The van der Waals surface area contributed by atoms with Crippen LogP contribution in [0.25, 0.3) is 0 Å². The molecule has 2 fully saturated rings. The normalized spacial score (nSPS) is 26.6. The number of carbonyl (C=O) groups is 1. The van der Waals surface area contributed by atoms with Crippen molar-refractivity contribution in [2.45, 2.75) is 49.8 Å².